The fourth-order valence-electron chi connectivity index (χ4n) is 3.06. The van der Waals surface area contributed by atoms with Gasteiger partial charge in [0.25, 0.3) is 11.6 Å². The molecule has 150 valence electrons. The number of amides is 1. The van der Waals surface area contributed by atoms with E-state index in [-0.39, 0.29) is 17.2 Å². The monoisotopic (exact) mass is 393 g/mol. The highest BCUT2D eigenvalue weighted by Crippen LogP contribution is 2.24. The van der Waals surface area contributed by atoms with Crippen molar-refractivity contribution in [3.05, 3.63) is 88.5 Å². The van der Waals surface area contributed by atoms with Crippen molar-refractivity contribution in [2.24, 2.45) is 0 Å². The summed E-state index contributed by atoms with van der Waals surface area (Å²) in [5.74, 6) is -0.323. The molecule has 0 radical (unpaired) electrons. The van der Waals surface area contributed by atoms with Crippen LogP contribution in [0, 0.1) is 10.1 Å². The van der Waals surface area contributed by atoms with Crippen LogP contribution in [0.2, 0.25) is 0 Å². The van der Waals surface area contributed by atoms with E-state index in [9.17, 15) is 14.9 Å². The Morgan fingerprint density at radius 1 is 1.24 bits per heavy atom. The molecule has 0 bridgehead atoms. The number of benzene rings is 2. The smallest absolute Gasteiger partial charge is 0.294 e. The van der Waals surface area contributed by atoms with E-state index in [0.29, 0.717) is 12.2 Å². The number of carbonyl (C=O) groups is 1. The van der Waals surface area contributed by atoms with Crippen LogP contribution < -0.4 is 5.32 Å². The molecule has 0 aliphatic carbocycles. The third-order valence-corrected chi connectivity index (χ3v) is 4.51. The summed E-state index contributed by atoms with van der Waals surface area (Å²) in [7, 11) is 2.03. The second kappa shape index (κ2) is 9.61. The minimum Gasteiger partial charge on any atom is -0.352 e. The van der Waals surface area contributed by atoms with Crippen LogP contribution in [0.15, 0.2) is 67.3 Å². The molecule has 1 amide bonds. The minimum absolute atomic E-state index is 0.141. The highest BCUT2D eigenvalue weighted by atomic mass is 16.6. The summed E-state index contributed by atoms with van der Waals surface area (Å²) in [4.78, 5) is 29.4. The highest BCUT2D eigenvalue weighted by molar-refractivity contribution is 5.95. The van der Waals surface area contributed by atoms with E-state index >= 15 is 0 Å². The van der Waals surface area contributed by atoms with Crippen molar-refractivity contribution >= 4 is 11.6 Å². The summed E-state index contributed by atoms with van der Waals surface area (Å²) in [6.07, 6.45) is 5.42. The first-order valence-electron chi connectivity index (χ1n) is 9.32. The molecular weight excluding hydrogens is 370 g/mol. The summed E-state index contributed by atoms with van der Waals surface area (Å²) in [6, 6.07) is 14.6. The topological polar surface area (TPSA) is 93.3 Å². The molecule has 8 nitrogen and oxygen atoms in total. The van der Waals surface area contributed by atoms with Crippen molar-refractivity contribution < 1.29 is 9.72 Å². The average molecular weight is 393 g/mol. The number of nitro benzene ring substituents is 1. The fraction of sp³-hybridized carbons (Fsp3) is 0.238. The third kappa shape index (κ3) is 5.49. The highest BCUT2D eigenvalue weighted by Gasteiger charge is 2.18. The molecule has 0 fully saturated rings. The second-order valence-electron chi connectivity index (χ2n) is 6.76. The van der Waals surface area contributed by atoms with Gasteiger partial charge in [-0.1, -0.05) is 30.3 Å². The van der Waals surface area contributed by atoms with Crippen LogP contribution in [0.3, 0.4) is 0 Å². The molecule has 3 aromatic rings. The molecule has 0 saturated carbocycles. The molecule has 0 atom stereocenters. The molecular formula is C21H23N5O3. The lowest BCUT2D eigenvalue weighted by atomic mass is 10.1. The van der Waals surface area contributed by atoms with Gasteiger partial charge in [0.2, 0.25) is 0 Å². The Bertz CT molecular complexity index is 958. The van der Waals surface area contributed by atoms with Gasteiger partial charge in [0.15, 0.2) is 0 Å². The van der Waals surface area contributed by atoms with E-state index in [4.69, 9.17) is 0 Å². The van der Waals surface area contributed by atoms with Crippen molar-refractivity contribution in [3.8, 4) is 5.69 Å². The molecule has 29 heavy (non-hydrogen) atoms. The minimum atomic E-state index is -0.495. The molecule has 0 unspecified atom stereocenters. The largest absolute Gasteiger partial charge is 0.352 e. The van der Waals surface area contributed by atoms with E-state index in [1.54, 1.807) is 29.1 Å². The van der Waals surface area contributed by atoms with E-state index in [1.807, 2.05) is 25.2 Å². The Morgan fingerprint density at radius 2 is 2.03 bits per heavy atom. The number of nitrogens with one attached hydrogen (secondary N) is 1. The zero-order valence-electron chi connectivity index (χ0n) is 16.2. The first-order valence-corrected chi connectivity index (χ1v) is 9.32. The summed E-state index contributed by atoms with van der Waals surface area (Å²) in [5.41, 5.74) is 1.73. The number of imidazole rings is 1. The Hall–Kier alpha value is -3.52. The zero-order valence-corrected chi connectivity index (χ0v) is 16.2. The van der Waals surface area contributed by atoms with Crippen LogP contribution in [0.1, 0.15) is 22.3 Å². The lowest BCUT2D eigenvalue weighted by Gasteiger charge is -2.16. The van der Waals surface area contributed by atoms with E-state index in [0.717, 1.165) is 19.5 Å². The maximum absolute atomic E-state index is 12.4. The van der Waals surface area contributed by atoms with Crippen molar-refractivity contribution in [1.82, 2.24) is 19.8 Å². The predicted octanol–water partition coefficient (Wildman–Crippen LogP) is 3.03. The standard InChI is InChI=1S/C21H23N5O3/c1-24(15-17-6-3-2-4-7-17)12-5-10-23-21(27)18-8-9-19(20(14-18)26(28)29)25-13-11-22-16-25/h2-4,6-9,11,13-14,16H,5,10,12,15H2,1H3,(H,23,27). The Balaban J connectivity index is 1.53. The van der Waals surface area contributed by atoms with Crippen LogP contribution in [-0.4, -0.2) is 45.4 Å². The van der Waals surface area contributed by atoms with Crippen molar-refractivity contribution in [1.29, 1.82) is 0 Å². The maximum atomic E-state index is 12.4. The van der Waals surface area contributed by atoms with Gasteiger partial charge in [-0.15, -0.1) is 0 Å². The lowest BCUT2D eigenvalue weighted by molar-refractivity contribution is -0.384. The van der Waals surface area contributed by atoms with Gasteiger partial charge in [0, 0.05) is 37.1 Å². The Labute approximate surface area is 168 Å². The molecule has 1 aromatic heterocycles. The maximum Gasteiger partial charge on any atom is 0.294 e. The van der Waals surface area contributed by atoms with Crippen molar-refractivity contribution in [2.75, 3.05) is 20.1 Å². The third-order valence-electron chi connectivity index (χ3n) is 4.51. The number of aromatic nitrogens is 2. The van der Waals surface area contributed by atoms with Gasteiger partial charge in [0.1, 0.15) is 5.69 Å². The number of carbonyl (C=O) groups excluding carboxylic acids is 1. The van der Waals surface area contributed by atoms with Crippen LogP contribution in [0.4, 0.5) is 5.69 Å². The molecule has 0 aliphatic heterocycles. The van der Waals surface area contributed by atoms with E-state index in [2.05, 4.69) is 27.3 Å². The SMILES string of the molecule is CN(CCCNC(=O)c1ccc(-n2ccnc2)c([N+](=O)[O-])c1)Cc1ccccc1. The van der Waals surface area contributed by atoms with Gasteiger partial charge in [-0.05, 0) is 37.7 Å². The van der Waals surface area contributed by atoms with Crippen molar-refractivity contribution in [2.45, 2.75) is 13.0 Å². The Morgan fingerprint density at radius 3 is 2.72 bits per heavy atom. The van der Waals surface area contributed by atoms with Gasteiger partial charge >= 0.3 is 0 Å². The molecule has 1 N–H and O–H groups in total. The summed E-state index contributed by atoms with van der Waals surface area (Å²) >= 11 is 0. The van der Waals surface area contributed by atoms with E-state index in [1.165, 1.54) is 18.0 Å². The van der Waals surface area contributed by atoms with Crippen LogP contribution in [0.5, 0.6) is 0 Å². The van der Waals surface area contributed by atoms with Gasteiger partial charge in [-0.2, -0.15) is 0 Å². The fourth-order valence-corrected chi connectivity index (χ4v) is 3.06. The number of nitrogens with zero attached hydrogens (tertiary/aromatic N) is 4. The van der Waals surface area contributed by atoms with Crippen LogP contribution >= 0.6 is 0 Å². The molecule has 0 spiro atoms. The van der Waals surface area contributed by atoms with Gasteiger partial charge in [-0.3, -0.25) is 14.9 Å². The number of nitro groups is 1. The summed E-state index contributed by atoms with van der Waals surface area (Å²) in [6.45, 7) is 2.17. The lowest BCUT2D eigenvalue weighted by Crippen LogP contribution is -2.28. The van der Waals surface area contributed by atoms with Gasteiger partial charge in [0.05, 0.1) is 11.3 Å². The zero-order chi connectivity index (χ0) is 20.6. The van der Waals surface area contributed by atoms with Gasteiger partial charge < -0.3 is 14.8 Å². The van der Waals surface area contributed by atoms with Crippen molar-refractivity contribution in [3.63, 3.8) is 0 Å². The molecule has 8 heteroatoms. The Kier molecular flexibility index (Phi) is 6.70. The second-order valence-corrected chi connectivity index (χ2v) is 6.76. The van der Waals surface area contributed by atoms with Gasteiger partial charge in [-0.25, -0.2) is 4.98 Å². The first kappa shape index (κ1) is 20.2. The first-order chi connectivity index (χ1) is 14.0. The average Bonchev–Trinajstić information content (AvgIpc) is 3.26. The number of hydrogen-bond acceptors (Lipinski definition) is 5. The molecule has 3 rings (SSSR count). The molecule has 1 heterocycles. The normalized spacial score (nSPS) is 10.8. The molecule has 0 saturated heterocycles. The predicted molar refractivity (Wildman–Crippen MR) is 110 cm³/mol. The van der Waals surface area contributed by atoms with Crippen LogP contribution in [0.25, 0.3) is 5.69 Å². The quantitative estimate of drug-likeness (QED) is 0.343. The van der Waals surface area contributed by atoms with E-state index < -0.39 is 4.92 Å². The summed E-state index contributed by atoms with van der Waals surface area (Å²) < 4.78 is 1.54. The number of rotatable bonds is 9. The van der Waals surface area contributed by atoms with Crippen LogP contribution in [-0.2, 0) is 6.54 Å². The number of hydrogen-bond donors (Lipinski definition) is 1. The molecule has 2 aromatic carbocycles. The molecule has 0 aliphatic rings. The summed E-state index contributed by atoms with van der Waals surface area (Å²) in [5, 5.41) is 14.2.